The highest BCUT2D eigenvalue weighted by molar-refractivity contribution is 7.11. The van der Waals surface area contributed by atoms with Crippen molar-refractivity contribution in [1.82, 2.24) is 5.32 Å². The molecule has 2 rings (SSSR count). The van der Waals surface area contributed by atoms with Gasteiger partial charge in [-0.05, 0) is 49.7 Å². The Balaban J connectivity index is 2.17. The van der Waals surface area contributed by atoms with Crippen molar-refractivity contribution in [3.05, 3.63) is 56.2 Å². The van der Waals surface area contributed by atoms with Crippen LogP contribution in [-0.4, -0.2) is 7.05 Å². The van der Waals surface area contributed by atoms with Gasteiger partial charge in [0.05, 0.1) is 0 Å². The van der Waals surface area contributed by atoms with E-state index in [9.17, 15) is 0 Å². The molecule has 1 aromatic carbocycles. The van der Waals surface area contributed by atoms with E-state index >= 15 is 0 Å². The zero-order valence-electron chi connectivity index (χ0n) is 11.7. The molecule has 0 spiro atoms. The van der Waals surface area contributed by atoms with E-state index < -0.39 is 0 Å². The maximum atomic E-state index is 6.22. The number of rotatable bonds is 5. The molecule has 2 aromatic rings. The quantitative estimate of drug-likeness (QED) is 0.837. The Bertz CT molecular complexity index is 547. The number of halogens is 1. The molecule has 0 aliphatic rings. The number of hydrogen-bond donors (Lipinski definition) is 1. The molecule has 0 radical (unpaired) electrons. The number of hydrogen-bond acceptors (Lipinski definition) is 2. The van der Waals surface area contributed by atoms with Gasteiger partial charge in [0.2, 0.25) is 0 Å². The molecule has 1 aromatic heterocycles. The zero-order chi connectivity index (χ0) is 13.8. The number of aryl methyl sites for hydroxylation is 2. The highest BCUT2D eigenvalue weighted by atomic mass is 35.5. The van der Waals surface area contributed by atoms with E-state index in [-0.39, 0.29) is 0 Å². The van der Waals surface area contributed by atoms with Crippen LogP contribution in [0.25, 0.3) is 0 Å². The van der Waals surface area contributed by atoms with Gasteiger partial charge in [0.15, 0.2) is 0 Å². The highest BCUT2D eigenvalue weighted by Crippen LogP contribution is 2.26. The summed E-state index contributed by atoms with van der Waals surface area (Å²) >= 11 is 8.12. The van der Waals surface area contributed by atoms with Gasteiger partial charge in [-0.3, -0.25) is 0 Å². The van der Waals surface area contributed by atoms with Gasteiger partial charge in [-0.15, -0.1) is 11.3 Å². The Kier molecular flexibility index (Phi) is 5.03. The Morgan fingerprint density at radius 1 is 1.21 bits per heavy atom. The van der Waals surface area contributed by atoms with Gasteiger partial charge in [0, 0.05) is 27.2 Å². The lowest BCUT2D eigenvalue weighted by Gasteiger charge is -2.16. The Morgan fingerprint density at radius 2 is 1.95 bits per heavy atom. The molecule has 1 unspecified atom stereocenters. The van der Waals surface area contributed by atoms with Crippen LogP contribution in [0.2, 0.25) is 5.02 Å². The van der Waals surface area contributed by atoms with Crippen LogP contribution in [0.5, 0.6) is 0 Å². The topological polar surface area (TPSA) is 12.0 Å². The van der Waals surface area contributed by atoms with Crippen LogP contribution in [0, 0.1) is 6.92 Å². The molecule has 0 aliphatic carbocycles. The number of likely N-dealkylation sites (N-methyl/N-ethyl adjacent to an activating group) is 1. The first-order valence-electron chi connectivity index (χ1n) is 6.65. The minimum Gasteiger partial charge on any atom is -0.313 e. The summed E-state index contributed by atoms with van der Waals surface area (Å²) in [6.07, 6.45) is 2.13. The summed E-state index contributed by atoms with van der Waals surface area (Å²) in [5.74, 6) is 0. The summed E-state index contributed by atoms with van der Waals surface area (Å²) < 4.78 is 0. The van der Waals surface area contributed by atoms with E-state index in [4.69, 9.17) is 11.6 Å². The fraction of sp³-hybridized carbons (Fsp3) is 0.375. The second-order valence-corrected chi connectivity index (χ2v) is 6.44. The van der Waals surface area contributed by atoms with Gasteiger partial charge in [-0.2, -0.15) is 0 Å². The van der Waals surface area contributed by atoms with Crippen molar-refractivity contribution in [3.8, 4) is 0 Å². The van der Waals surface area contributed by atoms with E-state index in [1.165, 1.54) is 15.3 Å². The largest absolute Gasteiger partial charge is 0.313 e. The van der Waals surface area contributed by atoms with E-state index in [1.54, 1.807) is 0 Å². The van der Waals surface area contributed by atoms with Gasteiger partial charge < -0.3 is 5.32 Å². The third kappa shape index (κ3) is 3.59. The van der Waals surface area contributed by atoms with E-state index in [1.807, 2.05) is 25.3 Å². The first-order chi connectivity index (χ1) is 9.13. The molecule has 0 bridgehead atoms. The second-order valence-electron chi connectivity index (χ2n) is 4.78. The van der Waals surface area contributed by atoms with Crippen molar-refractivity contribution in [2.24, 2.45) is 0 Å². The molecule has 102 valence electrons. The summed E-state index contributed by atoms with van der Waals surface area (Å²) in [4.78, 5) is 2.87. The van der Waals surface area contributed by atoms with Crippen molar-refractivity contribution in [3.63, 3.8) is 0 Å². The lowest BCUT2D eigenvalue weighted by Crippen LogP contribution is -2.18. The van der Waals surface area contributed by atoms with Crippen molar-refractivity contribution in [1.29, 1.82) is 0 Å². The Morgan fingerprint density at radius 3 is 2.53 bits per heavy atom. The Hall–Kier alpha value is -0.830. The summed E-state index contributed by atoms with van der Waals surface area (Å²) in [5.41, 5.74) is 2.38. The predicted molar refractivity (Wildman–Crippen MR) is 85.4 cm³/mol. The SMILES string of the molecule is CCc1ccc(CC(NC)c2ccc(C)c(Cl)c2)s1. The normalized spacial score (nSPS) is 12.6. The lowest BCUT2D eigenvalue weighted by atomic mass is 10.0. The van der Waals surface area contributed by atoms with Gasteiger partial charge in [0.25, 0.3) is 0 Å². The summed E-state index contributed by atoms with van der Waals surface area (Å²) in [6, 6.07) is 11.1. The van der Waals surface area contributed by atoms with Crippen LogP contribution >= 0.6 is 22.9 Å². The first-order valence-corrected chi connectivity index (χ1v) is 7.84. The number of benzene rings is 1. The van der Waals surface area contributed by atoms with Crippen LogP contribution in [0.3, 0.4) is 0 Å². The monoisotopic (exact) mass is 293 g/mol. The fourth-order valence-electron chi connectivity index (χ4n) is 2.14. The predicted octanol–water partition coefficient (Wildman–Crippen LogP) is 4.78. The molecule has 0 fully saturated rings. The maximum Gasteiger partial charge on any atom is 0.0438 e. The third-order valence-electron chi connectivity index (χ3n) is 3.42. The summed E-state index contributed by atoms with van der Waals surface area (Å²) in [6.45, 7) is 4.23. The highest BCUT2D eigenvalue weighted by Gasteiger charge is 2.12. The van der Waals surface area contributed by atoms with Crippen LogP contribution in [0.4, 0.5) is 0 Å². The molecule has 1 nitrogen and oxygen atoms in total. The fourth-order valence-corrected chi connectivity index (χ4v) is 3.33. The van der Waals surface area contributed by atoms with E-state index in [2.05, 4.69) is 42.6 Å². The molecule has 3 heteroatoms. The molecule has 0 saturated carbocycles. The molecule has 0 saturated heterocycles. The molecule has 1 heterocycles. The third-order valence-corrected chi connectivity index (χ3v) is 5.08. The lowest BCUT2D eigenvalue weighted by molar-refractivity contribution is 0.596. The summed E-state index contributed by atoms with van der Waals surface area (Å²) in [5, 5.41) is 4.23. The van der Waals surface area contributed by atoms with E-state index in [0.717, 1.165) is 23.4 Å². The minimum absolute atomic E-state index is 0.321. The molecule has 0 amide bonds. The first kappa shape index (κ1) is 14.6. The molecular weight excluding hydrogens is 274 g/mol. The van der Waals surface area contributed by atoms with Crippen molar-refractivity contribution in [2.75, 3.05) is 7.05 Å². The average molecular weight is 294 g/mol. The Labute approximate surface area is 124 Å². The molecule has 1 N–H and O–H groups in total. The maximum absolute atomic E-state index is 6.22. The van der Waals surface area contributed by atoms with Crippen molar-refractivity contribution in [2.45, 2.75) is 32.7 Å². The second kappa shape index (κ2) is 6.56. The smallest absolute Gasteiger partial charge is 0.0438 e. The number of nitrogens with one attached hydrogen (secondary N) is 1. The molecule has 0 aliphatic heterocycles. The van der Waals surface area contributed by atoms with Crippen LogP contribution < -0.4 is 5.32 Å². The van der Waals surface area contributed by atoms with Crippen LogP contribution in [0.1, 0.15) is 33.8 Å². The van der Waals surface area contributed by atoms with Crippen LogP contribution in [-0.2, 0) is 12.8 Å². The van der Waals surface area contributed by atoms with Crippen molar-refractivity contribution >= 4 is 22.9 Å². The molecular formula is C16H20ClNS. The van der Waals surface area contributed by atoms with Crippen LogP contribution in [0.15, 0.2) is 30.3 Å². The molecule has 19 heavy (non-hydrogen) atoms. The number of thiophene rings is 1. The molecule has 1 atom stereocenters. The van der Waals surface area contributed by atoms with E-state index in [0.29, 0.717) is 6.04 Å². The minimum atomic E-state index is 0.321. The van der Waals surface area contributed by atoms with Gasteiger partial charge in [-0.25, -0.2) is 0 Å². The zero-order valence-corrected chi connectivity index (χ0v) is 13.2. The van der Waals surface area contributed by atoms with Gasteiger partial charge >= 0.3 is 0 Å². The van der Waals surface area contributed by atoms with Gasteiger partial charge in [0.1, 0.15) is 0 Å². The van der Waals surface area contributed by atoms with Crippen molar-refractivity contribution < 1.29 is 0 Å². The van der Waals surface area contributed by atoms with Gasteiger partial charge in [-0.1, -0.05) is 30.7 Å². The average Bonchev–Trinajstić information content (AvgIpc) is 2.87. The standard InChI is InChI=1S/C16H20ClNS/c1-4-13-7-8-14(19-13)10-16(18-3)12-6-5-11(2)15(17)9-12/h5-9,16,18H,4,10H2,1-3H3. The summed E-state index contributed by atoms with van der Waals surface area (Å²) in [7, 11) is 2.01.